The summed E-state index contributed by atoms with van der Waals surface area (Å²) in [6.07, 6.45) is -0.475. The van der Waals surface area contributed by atoms with Crippen molar-refractivity contribution < 1.29 is 14.3 Å². The first-order valence-corrected chi connectivity index (χ1v) is 7.41. The van der Waals surface area contributed by atoms with Crippen molar-refractivity contribution in [1.29, 1.82) is 0 Å². The van der Waals surface area contributed by atoms with Crippen molar-refractivity contribution in [2.24, 2.45) is 0 Å². The van der Waals surface area contributed by atoms with Crippen LogP contribution in [0, 0.1) is 6.92 Å². The maximum atomic E-state index is 12.4. The van der Waals surface area contributed by atoms with Crippen LogP contribution < -0.4 is 5.32 Å². The molecule has 0 unspecified atom stereocenters. The highest BCUT2D eigenvalue weighted by Gasteiger charge is 2.20. The van der Waals surface area contributed by atoms with E-state index in [0.717, 1.165) is 5.56 Å². The zero-order valence-corrected chi connectivity index (χ0v) is 14.3. The summed E-state index contributed by atoms with van der Waals surface area (Å²) in [5, 5.41) is 2.73. The number of amides is 2. The van der Waals surface area contributed by atoms with Crippen LogP contribution in [0.2, 0.25) is 0 Å². The van der Waals surface area contributed by atoms with Gasteiger partial charge >= 0.3 is 6.09 Å². The number of alkyl carbamates (subject to hydrolysis) is 1. The Morgan fingerprint density at radius 1 is 1.27 bits per heavy atom. The second-order valence-electron chi connectivity index (χ2n) is 6.55. The molecule has 1 aromatic rings. The van der Waals surface area contributed by atoms with Gasteiger partial charge in [0.25, 0.3) is 5.91 Å². The van der Waals surface area contributed by atoms with Crippen molar-refractivity contribution in [1.82, 2.24) is 10.2 Å². The highest BCUT2D eigenvalue weighted by atomic mass is 16.6. The van der Waals surface area contributed by atoms with Gasteiger partial charge in [0.1, 0.15) is 5.60 Å². The molecule has 0 aliphatic carbocycles. The third kappa shape index (κ3) is 5.76. The van der Waals surface area contributed by atoms with Crippen LogP contribution in [-0.4, -0.2) is 42.1 Å². The molecule has 0 saturated carbocycles. The third-order valence-electron chi connectivity index (χ3n) is 3.03. The van der Waals surface area contributed by atoms with Crippen molar-refractivity contribution in [3.05, 3.63) is 35.4 Å². The van der Waals surface area contributed by atoms with Crippen LogP contribution in [0.1, 0.15) is 43.6 Å². The molecule has 0 heterocycles. The molecule has 0 aliphatic heterocycles. The van der Waals surface area contributed by atoms with Gasteiger partial charge in [-0.2, -0.15) is 0 Å². The third-order valence-corrected chi connectivity index (χ3v) is 3.03. The van der Waals surface area contributed by atoms with Gasteiger partial charge in [-0.3, -0.25) is 4.79 Å². The second-order valence-corrected chi connectivity index (χ2v) is 6.55. The van der Waals surface area contributed by atoms with Crippen molar-refractivity contribution >= 4 is 12.0 Å². The Morgan fingerprint density at radius 2 is 1.86 bits per heavy atom. The van der Waals surface area contributed by atoms with E-state index in [0.29, 0.717) is 12.1 Å². The smallest absolute Gasteiger partial charge is 0.407 e. The molecule has 0 saturated heterocycles. The molecule has 22 heavy (non-hydrogen) atoms. The Labute approximate surface area is 132 Å². The normalized spacial score (nSPS) is 12.5. The zero-order chi connectivity index (χ0) is 16.9. The summed E-state index contributed by atoms with van der Waals surface area (Å²) in [7, 11) is 1.72. The van der Waals surface area contributed by atoms with Gasteiger partial charge in [-0.1, -0.05) is 18.2 Å². The molecular weight excluding hydrogens is 280 g/mol. The Balaban J connectivity index is 2.57. The van der Waals surface area contributed by atoms with E-state index in [1.807, 2.05) is 52.8 Å². The Kier molecular flexibility index (Phi) is 5.97. The fourth-order valence-corrected chi connectivity index (χ4v) is 2.07. The molecule has 1 atom stereocenters. The molecule has 0 aromatic heterocycles. The Hall–Kier alpha value is -2.04. The van der Waals surface area contributed by atoms with Crippen LogP contribution in [-0.2, 0) is 4.74 Å². The van der Waals surface area contributed by atoms with Crippen molar-refractivity contribution in [3.63, 3.8) is 0 Å². The van der Waals surface area contributed by atoms with Gasteiger partial charge in [-0.25, -0.2) is 4.79 Å². The van der Waals surface area contributed by atoms with Crippen LogP contribution in [0.5, 0.6) is 0 Å². The predicted octanol–water partition coefficient (Wildman–Crippen LogP) is 2.98. The molecule has 1 rings (SSSR count). The number of ether oxygens (including phenoxy) is 1. The molecule has 5 nitrogen and oxygen atoms in total. The standard InChI is InChI=1S/C17H26N2O3/c1-12-9-7-8-10-14(12)15(20)19(6)11-13(2)18-16(21)22-17(3,4)5/h7-10,13H,11H2,1-6H3,(H,18,21)/t13-/m1/s1. The fraction of sp³-hybridized carbons (Fsp3) is 0.529. The van der Waals surface area contributed by atoms with Crippen LogP contribution in [0.4, 0.5) is 4.79 Å². The van der Waals surface area contributed by atoms with E-state index >= 15 is 0 Å². The quantitative estimate of drug-likeness (QED) is 0.930. The average molecular weight is 306 g/mol. The van der Waals surface area contributed by atoms with Gasteiger partial charge < -0.3 is 15.0 Å². The van der Waals surface area contributed by atoms with Gasteiger partial charge in [0.2, 0.25) is 0 Å². The number of benzene rings is 1. The van der Waals surface area contributed by atoms with E-state index in [9.17, 15) is 9.59 Å². The van der Waals surface area contributed by atoms with E-state index in [1.165, 1.54) is 0 Å². The van der Waals surface area contributed by atoms with E-state index in [1.54, 1.807) is 18.0 Å². The van der Waals surface area contributed by atoms with Gasteiger partial charge in [0.15, 0.2) is 0 Å². The molecular formula is C17H26N2O3. The highest BCUT2D eigenvalue weighted by Crippen LogP contribution is 2.10. The second kappa shape index (κ2) is 7.29. The lowest BCUT2D eigenvalue weighted by atomic mass is 10.1. The average Bonchev–Trinajstić information content (AvgIpc) is 2.35. The molecule has 0 bridgehead atoms. The minimum Gasteiger partial charge on any atom is -0.444 e. The van der Waals surface area contributed by atoms with Crippen LogP contribution >= 0.6 is 0 Å². The topological polar surface area (TPSA) is 58.6 Å². The van der Waals surface area contributed by atoms with Crippen molar-refractivity contribution in [2.75, 3.05) is 13.6 Å². The SMILES string of the molecule is Cc1ccccc1C(=O)N(C)C[C@@H](C)NC(=O)OC(C)(C)C. The number of rotatable bonds is 4. The number of likely N-dealkylation sites (N-methyl/N-ethyl adjacent to an activating group) is 1. The molecule has 0 spiro atoms. The van der Waals surface area contributed by atoms with E-state index in [4.69, 9.17) is 4.74 Å². The van der Waals surface area contributed by atoms with Crippen LogP contribution in [0.3, 0.4) is 0 Å². The highest BCUT2D eigenvalue weighted by molar-refractivity contribution is 5.95. The zero-order valence-electron chi connectivity index (χ0n) is 14.3. The van der Waals surface area contributed by atoms with Gasteiger partial charge in [0, 0.05) is 25.2 Å². The predicted molar refractivity (Wildman–Crippen MR) is 87.0 cm³/mol. The summed E-state index contributed by atoms with van der Waals surface area (Å²) in [6.45, 7) is 9.59. The van der Waals surface area contributed by atoms with Crippen molar-refractivity contribution in [3.8, 4) is 0 Å². The first-order chi connectivity index (χ1) is 10.1. The maximum Gasteiger partial charge on any atom is 0.407 e. The van der Waals surface area contributed by atoms with Crippen molar-refractivity contribution in [2.45, 2.75) is 46.3 Å². The van der Waals surface area contributed by atoms with Gasteiger partial charge in [-0.15, -0.1) is 0 Å². The number of nitrogens with one attached hydrogen (secondary N) is 1. The lowest BCUT2D eigenvalue weighted by Crippen LogP contribution is -2.44. The number of hydrogen-bond acceptors (Lipinski definition) is 3. The lowest BCUT2D eigenvalue weighted by Gasteiger charge is -2.25. The summed E-state index contributed by atoms with van der Waals surface area (Å²) in [5.74, 6) is -0.0593. The van der Waals surface area contributed by atoms with Crippen LogP contribution in [0.15, 0.2) is 24.3 Å². The fourth-order valence-electron chi connectivity index (χ4n) is 2.07. The Morgan fingerprint density at radius 3 is 2.41 bits per heavy atom. The first kappa shape index (κ1) is 18.0. The van der Waals surface area contributed by atoms with Gasteiger partial charge in [-0.05, 0) is 46.2 Å². The minimum atomic E-state index is -0.535. The van der Waals surface area contributed by atoms with E-state index < -0.39 is 11.7 Å². The molecule has 5 heteroatoms. The minimum absolute atomic E-state index is 0.0593. The van der Waals surface area contributed by atoms with E-state index in [-0.39, 0.29) is 11.9 Å². The summed E-state index contributed by atoms with van der Waals surface area (Å²) in [4.78, 5) is 25.7. The summed E-state index contributed by atoms with van der Waals surface area (Å²) < 4.78 is 5.20. The number of nitrogens with zero attached hydrogens (tertiary/aromatic N) is 1. The lowest BCUT2D eigenvalue weighted by molar-refractivity contribution is 0.0491. The molecule has 0 fully saturated rings. The van der Waals surface area contributed by atoms with Crippen LogP contribution in [0.25, 0.3) is 0 Å². The largest absolute Gasteiger partial charge is 0.444 e. The van der Waals surface area contributed by atoms with Gasteiger partial charge in [0.05, 0.1) is 0 Å². The molecule has 2 amide bonds. The summed E-state index contributed by atoms with van der Waals surface area (Å²) >= 11 is 0. The maximum absolute atomic E-state index is 12.4. The number of hydrogen-bond donors (Lipinski definition) is 1. The molecule has 0 radical (unpaired) electrons. The summed E-state index contributed by atoms with van der Waals surface area (Å²) in [5.41, 5.74) is 1.08. The number of aryl methyl sites for hydroxylation is 1. The Bertz CT molecular complexity index is 535. The number of carbonyl (C=O) groups is 2. The molecule has 1 aromatic carbocycles. The van der Waals surface area contributed by atoms with E-state index in [2.05, 4.69) is 5.32 Å². The molecule has 1 N–H and O–H groups in total. The monoisotopic (exact) mass is 306 g/mol. The molecule has 122 valence electrons. The number of carbonyl (C=O) groups excluding carboxylic acids is 2. The summed E-state index contributed by atoms with van der Waals surface area (Å²) in [6, 6.07) is 7.26. The first-order valence-electron chi connectivity index (χ1n) is 7.41. The molecule has 0 aliphatic rings.